The third kappa shape index (κ3) is 29.0. The Labute approximate surface area is 440 Å². The number of fused-ring (bicyclic) bond motifs is 2. The predicted molar refractivity (Wildman–Crippen MR) is 155 cm³/mol. The van der Waals surface area contributed by atoms with E-state index in [0.717, 1.165) is 54.4 Å². The molecule has 0 fully saturated rings. The van der Waals surface area contributed by atoms with Gasteiger partial charge in [-0.3, -0.25) is 0 Å². The number of benzene rings is 2. The van der Waals surface area contributed by atoms with E-state index >= 15 is 0 Å². The van der Waals surface area contributed by atoms with Gasteiger partial charge in [0.1, 0.15) is 0 Å². The van der Waals surface area contributed by atoms with Crippen LogP contribution < -0.4 is 0 Å². The second-order valence-electron chi connectivity index (χ2n) is 7.32. The molecule has 0 saturated heterocycles. The fourth-order valence-electron chi connectivity index (χ4n) is 2.87. The van der Waals surface area contributed by atoms with E-state index in [9.17, 15) is 0 Å². The SMILES string of the molecule is C=C1C[C-]=Nc2cc(C[CH2-])ccc21.[CH2-]CC.[CH2-]CC.[CH2-]Cc1ccc2c(C)c[c-]nc2c1.[CH3-].[CH3-].[W+2].[W+2].[Y].[Y].[Y].[Y].[Y].[Y]. The van der Waals surface area contributed by atoms with Gasteiger partial charge in [-0.2, -0.15) is 38.0 Å². The Morgan fingerprint density at radius 2 is 1.24 bits per heavy atom. The second-order valence-corrected chi connectivity index (χ2v) is 7.32. The fourth-order valence-corrected chi connectivity index (χ4v) is 2.87. The quantitative estimate of drug-likeness (QED) is 0.236. The normalized spacial score (nSPS) is 8.60. The summed E-state index contributed by atoms with van der Waals surface area (Å²) in [6.45, 7) is 24.7. The first kappa shape index (κ1) is 72.8. The van der Waals surface area contributed by atoms with Gasteiger partial charge in [0.25, 0.3) is 0 Å². The maximum absolute atomic E-state index is 4.21. The minimum absolute atomic E-state index is 0. The molecule has 4 rings (SSSR count). The molecule has 0 amide bonds. The maximum atomic E-state index is 4.21. The van der Waals surface area contributed by atoms with Crippen molar-refractivity contribution in [1.29, 1.82) is 0 Å². The standard InChI is InChI=1S/2C12H11N.2C3H7.2CH3.2W.6Y/c2*1-3-10-4-5-11-9(2)6-7-13-12(11)8-10;2*1-3-2;;;;;;;;;;/h4-6,8H,1,3H2,2H3;4-5,8H,1-3,6H2;2*1,3H2,2H3;2*1H3;;;;;;;;/q2*-2;4*-1;2*+2;;;;;;. The van der Waals surface area contributed by atoms with Gasteiger partial charge >= 0.3 is 42.1 Å². The van der Waals surface area contributed by atoms with Gasteiger partial charge in [-0.1, -0.05) is 98.3 Å². The largest absolute Gasteiger partial charge is 2.00 e. The number of hydrogen-bond donors (Lipinski definition) is 0. The molecule has 2 heterocycles. The monoisotopic (exact) mass is 1360 g/mol. The van der Waals surface area contributed by atoms with E-state index in [4.69, 9.17) is 0 Å². The Bertz CT molecular complexity index is 1030. The van der Waals surface area contributed by atoms with Crippen LogP contribution in [0.2, 0.25) is 0 Å². The first-order chi connectivity index (χ1) is 15.4. The molecule has 1 aliphatic rings. The molecule has 2 nitrogen and oxygen atoms in total. The number of aliphatic imine (C=N–C) groups is 1. The van der Waals surface area contributed by atoms with Crippen LogP contribution in [0.5, 0.6) is 0 Å². The second kappa shape index (κ2) is 46.3. The molecule has 1 aliphatic heterocycles. The number of hydrogen-bond acceptors (Lipinski definition) is 2. The molecule has 1 aromatic heterocycles. The van der Waals surface area contributed by atoms with Gasteiger partial charge in [-0.15, -0.1) is 17.0 Å². The van der Waals surface area contributed by atoms with Gasteiger partial charge in [-0.25, -0.2) is 0 Å². The molecule has 0 bridgehead atoms. The maximum Gasteiger partial charge on any atom is 2.00 e. The molecule has 0 spiro atoms. The average molecular weight is 1360 g/mol. The van der Waals surface area contributed by atoms with Crippen LogP contribution in [0.3, 0.4) is 0 Å². The van der Waals surface area contributed by atoms with Crippen molar-refractivity contribution >= 4 is 28.4 Å². The molecule has 0 saturated carbocycles. The van der Waals surface area contributed by atoms with Gasteiger partial charge in [0.15, 0.2) is 0 Å². The summed E-state index contributed by atoms with van der Waals surface area (Å²) in [5, 5.41) is 1.20. The van der Waals surface area contributed by atoms with E-state index in [0.29, 0.717) is 0 Å². The van der Waals surface area contributed by atoms with E-state index in [2.05, 4.69) is 100.0 Å². The number of aryl methyl sites for hydroxylation is 1. The topological polar surface area (TPSA) is 25.2 Å². The van der Waals surface area contributed by atoms with Crippen molar-refractivity contribution in [2.24, 2.45) is 4.99 Å². The number of aromatic nitrogens is 1. The molecule has 214 valence electrons. The number of nitrogens with zero attached hydrogens (tertiary/aromatic N) is 2. The number of pyridine rings is 1. The minimum atomic E-state index is 0. The fraction of sp³-hybridized carbons (Fsp3) is 0.250. The molecule has 10 heteroatoms. The zero-order valence-corrected chi connectivity index (χ0v) is 49.2. The van der Waals surface area contributed by atoms with Crippen LogP contribution in [-0.2, 0) is 251 Å². The van der Waals surface area contributed by atoms with Crippen molar-refractivity contribution in [3.05, 3.63) is 120 Å². The van der Waals surface area contributed by atoms with E-state index < -0.39 is 0 Å². The zero-order chi connectivity index (χ0) is 23.9. The smallest absolute Gasteiger partial charge is 0.455 e. The van der Waals surface area contributed by atoms with Crippen LogP contribution in [0.1, 0.15) is 55.4 Å². The molecular formula is C32H42N2W2Y6-4. The molecule has 6 radical (unpaired) electrons. The van der Waals surface area contributed by atoms with Crippen molar-refractivity contribution in [1.82, 2.24) is 4.98 Å². The van der Waals surface area contributed by atoms with Crippen molar-refractivity contribution in [3.63, 3.8) is 0 Å². The number of rotatable bonds is 2. The molecule has 0 atom stereocenters. The molecule has 0 unspecified atom stereocenters. The summed E-state index contributed by atoms with van der Waals surface area (Å²) in [6, 6.07) is 14.4. The molecule has 0 aliphatic carbocycles. The summed E-state index contributed by atoms with van der Waals surface area (Å²) >= 11 is 0. The van der Waals surface area contributed by atoms with Crippen LogP contribution in [0.4, 0.5) is 5.69 Å². The van der Waals surface area contributed by atoms with E-state index in [-0.39, 0.29) is 253 Å². The summed E-state index contributed by atoms with van der Waals surface area (Å²) in [5.41, 5.74) is 7.90. The minimum Gasteiger partial charge on any atom is -0.455 e. The average Bonchev–Trinajstić information content (AvgIpc) is 2.80. The molecule has 3 aromatic rings. The van der Waals surface area contributed by atoms with Gasteiger partial charge in [0, 0.05) is 196 Å². The zero-order valence-electron chi connectivity index (χ0n) is 26.3. The Morgan fingerprint density at radius 3 is 1.71 bits per heavy atom. The van der Waals surface area contributed by atoms with Crippen LogP contribution in [0.25, 0.3) is 16.5 Å². The van der Waals surface area contributed by atoms with Crippen LogP contribution >= 0.6 is 0 Å². The summed E-state index contributed by atoms with van der Waals surface area (Å²) in [4.78, 5) is 8.41. The van der Waals surface area contributed by atoms with E-state index in [1.54, 1.807) is 0 Å². The summed E-state index contributed by atoms with van der Waals surface area (Å²) < 4.78 is 0. The van der Waals surface area contributed by atoms with Gasteiger partial charge in [0.05, 0.1) is 0 Å². The summed E-state index contributed by atoms with van der Waals surface area (Å²) in [7, 11) is 0. The van der Waals surface area contributed by atoms with Gasteiger partial charge in [0.2, 0.25) is 0 Å². The van der Waals surface area contributed by atoms with Crippen molar-refractivity contribution in [2.75, 3.05) is 0 Å². The Hall–Kier alpha value is 5.26. The van der Waals surface area contributed by atoms with E-state index in [1.165, 1.54) is 22.1 Å². The molecular weight excluding hydrogens is 1310 g/mol. The van der Waals surface area contributed by atoms with Crippen molar-refractivity contribution in [3.8, 4) is 0 Å². The summed E-state index contributed by atoms with van der Waals surface area (Å²) in [5.74, 6) is 0. The third-order valence-corrected chi connectivity index (χ3v) is 4.47. The first-order valence-electron chi connectivity index (χ1n) is 11.1. The summed E-state index contributed by atoms with van der Waals surface area (Å²) in [6.07, 6.45) is 10.2. The Morgan fingerprint density at radius 1 is 0.786 bits per heavy atom. The van der Waals surface area contributed by atoms with Crippen molar-refractivity contribution in [2.45, 2.75) is 52.9 Å². The van der Waals surface area contributed by atoms with Gasteiger partial charge < -0.3 is 52.5 Å². The van der Waals surface area contributed by atoms with Crippen molar-refractivity contribution < 1.29 is 238 Å². The predicted octanol–water partition coefficient (Wildman–Crippen LogP) is 9.12. The Kier molecular flexibility index (Phi) is 80.2. The molecule has 0 N–H and O–H groups in total. The van der Waals surface area contributed by atoms with Crippen LogP contribution in [0.15, 0.2) is 54.0 Å². The van der Waals surface area contributed by atoms with Crippen LogP contribution in [-0.4, -0.2) is 11.2 Å². The first-order valence-corrected chi connectivity index (χ1v) is 11.1. The van der Waals surface area contributed by atoms with E-state index in [1.807, 2.05) is 19.9 Å². The molecule has 2 aromatic carbocycles. The number of allylic oxidation sites excluding steroid dienone is 1. The Balaban J connectivity index is -0.0000000427. The third-order valence-electron chi connectivity index (χ3n) is 4.47. The van der Waals surface area contributed by atoms with Gasteiger partial charge in [-0.05, 0) is 5.52 Å². The van der Waals surface area contributed by atoms with Crippen LogP contribution in [0, 0.1) is 55.7 Å². The molecule has 42 heavy (non-hydrogen) atoms.